The van der Waals surface area contributed by atoms with Crippen LogP contribution in [-0.2, 0) is 20.9 Å². The molecule has 4 aromatic rings. The minimum atomic E-state index is -0.984. The number of piperidine rings is 2. The van der Waals surface area contributed by atoms with Crippen LogP contribution in [-0.4, -0.2) is 130 Å². The lowest BCUT2D eigenvalue weighted by Gasteiger charge is -2.43. The van der Waals surface area contributed by atoms with Gasteiger partial charge in [-0.2, -0.15) is 0 Å². The lowest BCUT2D eigenvalue weighted by molar-refractivity contribution is -0.136. The number of nitrogens with two attached hydrogens (primary N) is 1. The zero-order valence-electron chi connectivity index (χ0n) is 35.9. The van der Waals surface area contributed by atoms with Crippen LogP contribution in [0.15, 0.2) is 72.8 Å². The molecule has 5 fully saturated rings. The fourth-order valence-corrected chi connectivity index (χ4v) is 10.8. The summed E-state index contributed by atoms with van der Waals surface area (Å²) in [5.74, 6) is -0.799. The van der Waals surface area contributed by atoms with E-state index in [2.05, 4.69) is 59.4 Å². The summed E-state index contributed by atoms with van der Waals surface area (Å²) in [5.41, 5.74) is 12.4. The molecule has 1 aromatic heterocycles. The zero-order valence-corrected chi connectivity index (χ0v) is 35.9. The third-order valence-electron chi connectivity index (χ3n) is 14.3. The number of nitrogens with one attached hydrogen (secondary N) is 1. The molecule has 0 saturated carbocycles. The predicted octanol–water partition coefficient (Wildman–Crippen LogP) is 4.03. The molecule has 6 aliphatic heterocycles. The summed E-state index contributed by atoms with van der Waals surface area (Å²) >= 11 is 0. The Morgan fingerprint density at radius 3 is 2.23 bits per heavy atom. The number of carbonyl (C=O) groups is 5. The minimum Gasteiger partial charge on any atom is -0.507 e. The maximum Gasteiger partial charge on any atom is 0.262 e. The maximum absolute atomic E-state index is 13.4. The fourth-order valence-electron chi connectivity index (χ4n) is 10.8. The number of rotatable bonds is 10. The molecular formula is C48H54N10O6. The highest BCUT2D eigenvalue weighted by molar-refractivity contribution is 6.23. The standard InChI is InChI=1S/C48H54N10O6/c49-45-41(26-39(51-52-45)37-6-1-2-7-42(37)59)56-28-34-9-10-35(29-56)57(34)33-5-3-4-31(24-33)27-53-20-22-55(23-21-53)44(61)15-8-30-16-18-54(19-17-30)32-11-12-36-38(25-32)48(64)58(47(36)63)40-13-14-43(60)50-46(40)62/h1-7,11-12,24-26,30,34-35,40,59H,8-10,13-23,27-29H2,(H2,49,52)(H,50,60,62). The lowest BCUT2D eigenvalue weighted by Crippen LogP contribution is -2.54. The van der Waals surface area contributed by atoms with E-state index in [0.717, 1.165) is 107 Å². The highest BCUT2D eigenvalue weighted by atomic mass is 16.3. The predicted molar refractivity (Wildman–Crippen MR) is 241 cm³/mol. The monoisotopic (exact) mass is 866 g/mol. The summed E-state index contributed by atoms with van der Waals surface area (Å²) in [7, 11) is 0. The van der Waals surface area contributed by atoms with E-state index in [4.69, 9.17) is 5.73 Å². The summed E-state index contributed by atoms with van der Waals surface area (Å²) < 4.78 is 0. The number of amides is 5. The van der Waals surface area contributed by atoms with Gasteiger partial charge in [-0.05, 0) is 98.5 Å². The number of nitrogen functional groups attached to an aromatic ring is 1. The van der Waals surface area contributed by atoms with Crippen LogP contribution in [0.3, 0.4) is 0 Å². The molecule has 0 aliphatic carbocycles. The number of anilines is 4. The second-order valence-electron chi connectivity index (χ2n) is 18.2. The van der Waals surface area contributed by atoms with Crippen LogP contribution in [0, 0.1) is 5.92 Å². The van der Waals surface area contributed by atoms with Crippen LogP contribution in [0.1, 0.15) is 77.6 Å². The SMILES string of the molecule is Nc1nnc(-c2ccccc2O)cc1N1CC2CCC(C1)N2c1cccc(CN2CCN(C(=O)CCC3CCN(c4ccc5c(c4)C(=O)N(C4CCC(=O)NC4=O)C5=O)CC3)CC2)c1. The Kier molecular flexibility index (Phi) is 11.1. The van der Waals surface area contributed by atoms with E-state index in [1.807, 2.05) is 29.2 Å². The van der Waals surface area contributed by atoms with E-state index >= 15 is 0 Å². The van der Waals surface area contributed by atoms with Crippen LogP contribution in [0.2, 0.25) is 0 Å². The van der Waals surface area contributed by atoms with Gasteiger partial charge < -0.3 is 30.4 Å². The van der Waals surface area contributed by atoms with Gasteiger partial charge in [0.25, 0.3) is 11.8 Å². The molecule has 16 heteroatoms. The van der Waals surface area contributed by atoms with Crippen molar-refractivity contribution in [3.05, 3.63) is 89.5 Å². The van der Waals surface area contributed by atoms with E-state index < -0.39 is 29.7 Å². The van der Waals surface area contributed by atoms with Gasteiger partial charge in [0.15, 0.2) is 5.82 Å². The molecule has 64 heavy (non-hydrogen) atoms. The molecule has 7 heterocycles. The Morgan fingerprint density at radius 1 is 0.734 bits per heavy atom. The van der Waals surface area contributed by atoms with Gasteiger partial charge in [-0.1, -0.05) is 24.3 Å². The van der Waals surface area contributed by atoms with Crippen molar-refractivity contribution in [3.63, 3.8) is 0 Å². The van der Waals surface area contributed by atoms with E-state index in [-0.39, 0.29) is 30.1 Å². The smallest absolute Gasteiger partial charge is 0.262 e. The molecule has 10 rings (SSSR count). The largest absolute Gasteiger partial charge is 0.507 e. The third kappa shape index (κ3) is 7.99. The van der Waals surface area contributed by atoms with Gasteiger partial charge in [-0.25, -0.2) is 0 Å². The Balaban J connectivity index is 0.677. The third-order valence-corrected chi connectivity index (χ3v) is 14.3. The molecule has 2 bridgehead atoms. The Hall–Kier alpha value is -6.55. The second-order valence-corrected chi connectivity index (χ2v) is 18.2. The van der Waals surface area contributed by atoms with E-state index in [9.17, 15) is 29.1 Å². The van der Waals surface area contributed by atoms with Gasteiger partial charge in [0.2, 0.25) is 17.7 Å². The molecule has 332 valence electrons. The van der Waals surface area contributed by atoms with Gasteiger partial charge in [-0.15, -0.1) is 10.2 Å². The van der Waals surface area contributed by atoms with Crippen molar-refractivity contribution in [1.82, 2.24) is 30.2 Å². The first-order valence-electron chi connectivity index (χ1n) is 22.7. The number of imide groups is 2. The Labute approximate surface area is 372 Å². The number of fused-ring (bicyclic) bond motifs is 3. The number of carbonyl (C=O) groups excluding carboxylic acids is 5. The zero-order chi connectivity index (χ0) is 44.1. The van der Waals surface area contributed by atoms with Crippen LogP contribution in [0.5, 0.6) is 5.75 Å². The van der Waals surface area contributed by atoms with Crippen LogP contribution in [0.25, 0.3) is 11.3 Å². The van der Waals surface area contributed by atoms with Crippen molar-refractivity contribution in [1.29, 1.82) is 0 Å². The molecule has 3 unspecified atom stereocenters. The summed E-state index contributed by atoms with van der Waals surface area (Å²) in [5, 5.41) is 21.2. The molecule has 16 nitrogen and oxygen atoms in total. The second kappa shape index (κ2) is 17.2. The number of hydrogen-bond donors (Lipinski definition) is 3. The molecule has 0 radical (unpaired) electrons. The first kappa shape index (κ1) is 41.5. The maximum atomic E-state index is 13.4. The minimum absolute atomic E-state index is 0.0843. The topological polar surface area (TPSA) is 189 Å². The summed E-state index contributed by atoms with van der Waals surface area (Å²) in [6, 6.07) is 23.0. The van der Waals surface area contributed by atoms with Crippen LogP contribution >= 0.6 is 0 Å². The molecule has 0 spiro atoms. The summed E-state index contributed by atoms with van der Waals surface area (Å²) in [4.78, 5) is 76.6. The molecule has 6 aliphatic rings. The molecule has 5 amide bonds. The van der Waals surface area contributed by atoms with Crippen molar-refractivity contribution in [2.24, 2.45) is 5.92 Å². The Morgan fingerprint density at radius 2 is 1.48 bits per heavy atom. The number of hydrogen-bond acceptors (Lipinski definition) is 13. The number of nitrogens with zero attached hydrogens (tertiary/aromatic N) is 8. The lowest BCUT2D eigenvalue weighted by atomic mass is 9.91. The van der Waals surface area contributed by atoms with Crippen molar-refractivity contribution in [2.45, 2.75) is 76.0 Å². The van der Waals surface area contributed by atoms with Crippen molar-refractivity contribution in [2.75, 3.05) is 72.8 Å². The van der Waals surface area contributed by atoms with Crippen molar-refractivity contribution in [3.8, 4) is 17.0 Å². The van der Waals surface area contributed by atoms with Crippen molar-refractivity contribution >= 4 is 52.4 Å². The molecule has 3 atom stereocenters. The Bertz CT molecular complexity index is 2490. The molecule has 5 saturated heterocycles. The number of aromatic hydroxyl groups is 1. The average molecular weight is 867 g/mol. The fraction of sp³-hybridized carbons (Fsp3) is 0.438. The highest BCUT2D eigenvalue weighted by Crippen LogP contribution is 2.40. The number of benzene rings is 3. The average Bonchev–Trinajstić information content (AvgIpc) is 3.72. The number of phenolic OH excluding ortho intramolecular Hbond substituents is 1. The molecule has 3 aromatic carbocycles. The van der Waals surface area contributed by atoms with Crippen LogP contribution < -0.4 is 25.8 Å². The summed E-state index contributed by atoms with van der Waals surface area (Å²) in [6.07, 6.45) is 5.66. The molecular weight excluding hydrogens is 813 g/mol. The van der Waals surface area contributed by atoms with Crippen LogP contribution in [0.4, 0.5) is 22.9 Å². The van der Waals surface area contributed by atoms with Gasteiger partial charge in [-0.3, -0.25) is 39.1 Å². The van der Waals surface area contributed by atoms with E-state index in [0.29, 0.717) is 47.1 Å². The number of piperazine rings is 2. The summed E-state index contributed by atoms with van der Waals surface area (Å²) in [6.45, 7) is 7.18. The van der Waals surface area contributed by atoms with E-state index in [1.165, 1.54) is 11.3 Å². The first-order chi connectivity index (χ1) is 31.1. The van der Waals surface area contributed by atoms with Gasteiger partial charge in [0.1, 0.15) is 11.8 Å². The first-order valence-corrected chi connectivity index (χ1v) is 22.7. The molecule has 4 N–H and O–H groups in total. The van der Waals surface area contributed by atoms with Gasteiger partial charge in [0, 0.05) is 101 Å². The number of para-hydroxylation sites is 1. The normalized spacial score (nSPS) is 22.9. The quantitative estimate of drug-likeness (QED) is 0.194. The highest BCUT2D eigenvalue weighted by Gasteiger charge is 2.45. The van der Waals surface area contributed by atoms with Gasteiger partial charge >= 0.3 is 0 Å². The van der Waals surface area contributed by atoms with Gasteiger partial charge in [0.05, 0.1) is 22.5 Å². The van der Waals surface area contributed by atoms with E-state index in [1.54, 1.807) is 24.3 Å². The van der Waals surface area contributed by atoms with Crippen molar-refractivity contribution < 1.29 is 29.1 Å². The number of phenols is 1. The number of aromatic nitrogens is 2.